The minimum absolute atomic E-state index is 0.145. The Morgan fingerprint density at radius 2 is 1.68 bits per heavy atom. The molecule has 0 saturated heterocycles. The molecule has 0 unspecified atom stereocenters. The van der Waals surface area contributed by atoms with Gasteiger partial charge >= 0.3 is 0 Å². The van der Waals surface area contributed by atoms with Gasteiger partial charge in [-0.2, -0.15) is 5.10 Å². The molecule has 0 aliphatic carbocycles. The number of thioether (sulfide) groups is 1. The van der Waals surface area contributed by atoms with Gasteiger partial charge in [0, 0.05) is 31.1 Å². The standard InChI is InChI=1S/C25H27N5O3S/c1-25(24(33)27-15-17-7-5-4-6-8-17)16-30-21(23(32)29(25)2)13-20(28-30)22(31)26-14-18-9-11-19(34-3)12-10-18/h4-13H,14-16H2,1-3H3,(H,26,31)(H,27,33)/t25-/m0/s1. The van der Waals surface area contributed by atoms with Crippen LogP contribution in [0.5, 0.6) is 0 Å². The first kappa shape index (κ1) is 23.6. The molecule has 0 spiro atoms. The first-order valence-corrected chi connectivity index (χ1v) is 12.1. The van der Waals surface area contributed by atoms with Crippen LogP contribution >= 0.6 is 11.8 Å². The number of amides is 3. The van der Waals surface area contributed by atoms with Crippen LogP contribution in [0, 0.1) is 0 Å². The number of aromatic nitrogens is 2. The molecule has 0 radical (unpaired) electrons. The van der Waals surface area contributed by atoms with Gasteiger partial charge in [-0.25, -0.2) is 0 Å². The maximum absolute atomic E-state index is 13.1. The molecule has 1 aliphatic heterocycles. The number of carbonyl (C=O) groups excluding carboxylic acids is 3. The van der Waals surface area contributed by atoms with E-state index in [9.17, 15) is 14.4 Å². The van der Waals surface area contributed by atoms with E-state index in [-0.39, 0.29) is 35.7 Å². The Morgan fingerprint density at radius 1 is 1.03 bits per heavy atom. The third-order valence-corrected chi connectivity index (χ3v) is 6.88. The summed E-state index contributed by atoms with van der Waals surface area (Å²) >= 11 is 1.65. The van der Waals surface area contributed by atoms with E-state index < -0.39 is 5.54 Å². The zero-order valence-electron chi connectivity index (χ0n) is 19.4. The highest BCUT2D eigenvalue weighted by molar-refractivity contribution is 7.98. The number of rotatable bonds is 7. The third kappa shape index (κ3) is 4.70. The van der Waals surface area contributed by atoms with Crippen LogP contribution < -0.4 is 10.6 Å². The van der Waals surface area contributed by atoms with Crippen molar-refractivity contribution in [2.75, 3.05) is 13.3 Å². The molecule has 1 atom stereocenters. The summed E-state index contributed by atoms with van der Waals surface area (Å²) in [5.74, 6) is -1.02. The van der Waals surface area contributed by atoms with E-state index in [4.69, 9.17) is 0 Å². The predicted octanol–water partition coefficient (Wildman–Crippen LogP) is 2.70. The Kier molecular flexibility index (Phi) is 6.74. The van der Waals surface area contributed by atoms with Crippen LogP contribution in [0.1, 0.15) is 39.0 Å². The van der Waals surface area contributed by atoms with Gasteiger partial charge in [0.1, 0.15) is 11.2 Å². The van der Waals surface area contributed by atoms with E-state index in [1.165, 1.54) is 15.6 Å². The van der Waals surface area contributed by atoms with E-state index in [0.717, 1.165) is 16.0 Å². The van der Waals surface area contributed by atoms with E-state index in [1.54, 1.807) is 25.7 Å². The molecule has 9 heteroatoms. The van der Waals surface area contributed by atoms with Crippen molar-refractivity contribution in [3.8, 4) is 0 Å². The molecule has 2 aromatic carbocycles. The van der Waals surface area contributed by atoms with Gasteiger partial charge in [0.15, 0.2) is 5.69 Å². The number of carbonyl (C=O) groups is 3. The lowest BCUT2D eigenvalue weighted by Gasteiger charge is -2.40. The Hall–Kier alpha value is -3.59. The molecular formula is C25H27N5O3S. The molecule has 0 bridgehead atoms. The van der Waals surface area contributed by atoms with E-state index >= 15 is 0 Å². The molecule has 2 heterocycles. The quantitative estimate of drug-likeness (QED) is 0.510. The lowest BCUT2D eigenvalue weighted by atomic mass is 9.96. The molecule has 0 saturated carbocycles. The summed E-state index contributed by atoms with van der Waals surface area (Å²) in [6.45, 7) is 2.56. The van der Waals surface area contributed by atoms with E-state index in [2.05, 4.69) is 15.7 Å². The topological polar surface area (TPSA) is 96.3 Å². The molecule has 1 aromatic heterocycles. The van der Waals surface area contributed by atoms with Crippen molar-refractivity contribution in [2.45, 2.75) is 37.0 Å². The Balaban J connectivity index is 1.45. The second-order valence-corrected chi connectivity index (χ2v) is 9.29. The van der Waals surface area contributed by atoms with Crippen molar-refractivity contribution < 1.29 is 14.4 Å². The molecule has 3 amide bonds. The summed E-state index contributed by atoms with van der Waals surface area (Å²) in [6, 6.07) is 19.0. The van der Waals surface area contributed by atoms with Crippen LogP contribution in [0.4, 0.5) is 0 Å². The maximum atomic E-state index is 13.1. The van der Waals surface area contributed by atoms with Crippen LogP contribution in [0.2, 0.25) is 0 Å². The zero-order valence-corrected chi connectivity index (χ0v) is 20.2. The summed E-state index contributed by atoms with van der Waals surface area (Å²) < 4.78 is 1.45. The van der Waals surface area contributed by atoms with Gasteiger partial charge in [-0.1, -0.05) is 42.5 Å². The van der Waals surface area contributed by atoms with E-state index in [0.29, 0.717) is 13.1 Å². The van der Waals surface area contributed by atoms with Crippen molar-refractivity contribution in [1.29, 1.82) is 0 Å². The molecular weight excluding hydrogens is 450 g/mol. The summed E-state index contributed by atoms with van der Waals surface area (Å²) in [7, 11) is 1.60. The Labute approximate surface area is 202 Å². The van der Waals surface area contributed by atoms with Crippen LogP contribution in [-0.2, 0) is 24.4 Å². The Bertz CT molecular complexity index is 1210. The number of fused-ring (bicyclic) bond motifs is 1. The van der Waals surface area contributed by atoms with Gasteiger partial charge in [-0.3, -0.25) is 19.1 Å². The normalized spacial score (nSPS) is 17.3. The number of hydrogen-bond acceptors (Lipinski definition) is 5. The number of hydrogen-bond donors (Lipinski definition) is 2. The largest absolute Gasteiger partial charge is 0.350 e. The van der Waals surface area contributed by atoms with E-state index in [1.807, 2.05) is 60.9 Å². The van der Waals surface area contributed by atoms with Crippen molar-refractivity contribution in [3.05, 3.63) is 83.2 Å². The third-order valence-electron chi connectivity index (χ3n) is 6.13. The fraction of sp³-hybridized carbons (Fsp3) is 0.280. The summed E-state index contributed by atoms with van der Waals surface area (Å²) in [4.78, 5) is 41.4. The molecule has 176 valence electrons. The van der Waals surface area contributed by atoms with Gasteiger partial charge < -0.3 is 15.5 Å². The van der Waals surface area contributed by atoms with Crippen molar-refractivity contribution in [2.24, 2.45) is 0 Å². The lowest BCUT2D eigenvalue weighted by Crippen LogP contribution is -2.62. The van der Waals surface area contributed by atoms with Crippen molar-refractivity contribution >= 4 is 29.5 Å². The smallest absolute Gasteiger partial charge is 0.272 e. The minimum Gasteiger partial charge on any atom is -0.350 e. The fourth-order valence-electron chi connectivity index (χ4n) is 3.82. The second-order valence-electron chi connectivity index (χ2n) is 8.41. The molecule has 2 N–H and O–H groups in total. The number of nitrogens with one attached hydrogen (secondary N) is 2. The maximum Gasteiger partial charge on any atom is 0.272 e. The average molecular weight is 478 g/mol. The second kappa shape index (κ2) is 9.72. The summed E-state index contributed by atoms with van der Waals surface area (Å²) in [5, 5.41) is 10.1. The number of likely N-dealkylation sites (N-methyl/N-ethyl adjacent to an activating group) is 1. The predicted molar refractivity (Wildman–Crippen MR) is 130 cm³/mol. The van der Waals surface area contributed by atoms with Crippen LogP contribution in [0.25, 0.3) is 0 Å². The van der Waals surface area contributed by atoms with Gasteiger partial charge in [-0.15, -0.1) is 11.8 Å². The molecule has 4 rings (SSSR count). The highest BCUT2D eigenvalue weighted by Crippen LogP contribution is 2.26. The van der Waals surface area contributed by atoms with Crippen molar-refractivity contribution in [1.82, 2.24) is 25.3 Å². The summed E-state index contributed by atoms with van der Waals surface area (Å²) in [5.41, 5.74) is 1.22. The van der Waals surface area contributed by atoms with Gasteiger partial charge in [0.2, 0.25) is 5.91 Å². The van der Waals surface area contributed by atoms with Crippen LogP contribution in [0.3, 0.4) is 0 Å². The van der Waals surface area contributed by atoms with Gasteiger partial charge in [0.25, 0.3) is 11.8 Å². The monoisotopic (exact) mass is 477 g/mol. The van der Waals surface area contributed by atoms with Gasteiger partial charge in [-0.05, 0) is 36.4 Å². The highest BCUT2D eigenvalue weighted by atomic mass is 32.2. The molecule has 8 nitrogen and oxygen atoms in total. The molecule has 34 heavy (non-hydrogen) atoms. The molecule has 1 aliphatic rings. The van der Waals surface area contributed by atoms with Crippen molar-refractivity contribution in [3.63, 3.8) is 0 Å². The molecule has 0 fully saturated rings. The lowest BCUT2D eigenvalue weighted by molar-refractivity contribution is -0.132. The van der Waals surface area contributed by atoms with Crippen LogP contribution in [0.15, 0.2) is 65.6 Å². The minimum atomic E-state index is -1.14. The first-order valence-electron chi connectivity index (χ1n) is 10.9. The highest BCUT2D eigenvalue weighted by Gasteiger charge is 2.46. The summed E-state index contributed by atoms with van der Waals surface area (Å²) in [6.07, 6.45) is 2.01. The van der Waals surface area contributed by atoms with Crippen LogP contribution in [-0.4, -0.2) is 51.2 Å². The fourth-order valence-corrected chi connectivity index (χ4v) is 4.23. The number of nitrogens with zero attached hydrogens (tertiary/aromatic N) is 3. The number of benzene rings is 2. The average Bonchev–Trinajstić information content (AvgIpc) is 3.29. The SMILES string of the molecule is CSc1ccc(CNC(=O)c2cc3n(n2)C[C@@](C)(C(=O)NCc2ccccc2)N(C)C3=O)cc1. The zero-order chi connectivity index (χ0) is 24.3. The first-order chi connectivity index (χ1) is 16.3. The molecule has 3 aromatic rings. The Morgan fingerprint density at radius 3 is 2.35 bits per heavy atom. The van der Waals surface area contributed by atoms with Gasteiger partial charge in [0.05, 0.1) is 6.54 Å².